The van der Waals surface area contributed by atoms with E-state index < -0.39 is 7.82 Å². The van der Waals surface area contributed by atoms with Crippen LogP contribution in [0, 0.1) is 0 Å². The summed E-state index contributed by atoms with van der Waals surface area (Å²) < 4.78 is 28.1. The normalized spacial score (nSPS) is 10.7. The second-order valence-corrected chi connectivity index (χ2v) is 8.22. The molecule has 0 amide bonds. The van der Waals surface area contributed by atoms with Gasteiger partial charge in [0.15, 0.2) is 0 Å². The van der Waals surface area contributed by atoms with Crippen molar-refractivity contribution in [2.45, 2.75) is 26.2 Å². The smallest absolute Gasteiger partial charge is 0.290 e. The van der Waals surface area contributed by atoms with Gasteiger partial charge in [-0.3, -0.25) is 18.6 Å². The first-order valence-corrected chi connectivity index (χ1v) is 10.9. The van der Waals surface area contributed by atoms with E-state index in [1.165, 1.54) is 51.8 Å². The van der Waals surface area contributed by atoms with Crippen molar-refractivity contribution in [2.75, 3.05) is 21.3 Å². The SMILES string of the molecule is CCCCc1n(C)cc[n+]1C.COP(=O)(OC)OC.c1ccc2ncccc2c1. The van der Waals surface area contributed by atoms with Gasteiger partial charge in [0.1, 0.15) is 12.4 Å². The number of imidazole rings is 1. The van der Waals surface area contributed by atoms with Crippen molar-refractivity contribution in [2.24, 2.45) is 14.1 Å². The molecule has 0 bridgehead atoms. The van der Waals surface area contributed by atoms with Gasteiger partial charge >= 0.3 is 7.82 Å². The van der Waals surface area contributed by atoms with E-state index in [4.69, 9.17) is 0 Å². The fourth-order valence-corrected chi connectivity index (χ4v) is 3.00. The summed E-state index contributed by atoms with van der Waals surface area (Å²) in [5.41, 5.74) is 1.06. The van der Waals surface area contributed by atoms with Gasteiger partial charge in [0, 0.05) is 39.3 Å². The highest BCUT2D eigenvalue weighted by molar-refractivity contribution is 7.48. The van der Waals surface area contributed by atoms with Gasteiger partial charge in [-0.1, -0.05) is 37.6 Å². The minimum Gasteiger partial charge on any atom is -0.290 e. The third-order valence-electron chi connectivity index (χ3n) is 4.27. The van der Waals surface area contributed by atoms with Gasteiger partial charge in [-0.05, 0) is 18.6 Å². The van der Waals surface area contributed by atoms with Gasteiger partial charge in [-0.15, -0.1) is 0 Å². The molecule has 0 N–H and O–H groups in total. The monoisotopic (exact) mass is 422 g/mol. The van der Waals surface area contributed by atoms with Gasteiger partial charge in [-0.2, -0.15) is 0 Å². The van der Waals surface area contributed by atoms with Crippen LogP contribution in [0.15, 0.2) is 55.0 Å². The fourth-order valence-electron chi connectivity index (χ4n) is 2.55. The molecular formula is C21H33N3O4P+. The zero-order chi connectivity index (χ0) is 21.7. The van der Waals surface area contributed by atoms with Crippen LogP contribution in [0.5, 0.6) is 0 Å². The van der Waals surface area contributed by atoms with Crippen molar-refractivity contribution in [1.29, 1.82) is 0 Å². The summed E-state index contributed by atoms with van der Waals surface area (Å²) in [7, 11) is 4.82. The molecule has 1 aromatic carbocycles. The number of aryl methyl sites for hydroxylation is 2. The zero-order valence-corrected chi connectivity index (χ0v) is 19.1. The van der Waals surface area contributed by atoms with Gasteiger partial charge in [0.25, 0.3) is 5.82 Å². The number of nitrogens with zero attached hydrogens (tertiary/aromatic N) is 3. The average molecular weight is 422 g/mol. The second kappa shape index (κ2) is 13.2. The first kappa shape index (κ1) is 25.0. The first-order valence-electron chi connectivity index (χ1n) is 9.47. The maximum absolute atomic E-state index is 10.7. The Balaban J connectivity index is 0.000000221. The van der Waals surface area contributed by atoms with Crippen molar-refractivity contribution in [3.63, 3.8) is 0 Å². The van der Waals surface area contributed by atoms with E-state index >= 15 is 0 Å². The van der Waals surface area contributed by atoms with E-state index in [1.807, 2.05) is 30.5 Å². The molecule has 0 saturated heterocycles. The molecule has 8 heteroatoms. The molecule has 160 valence electrons. The van der Waals surface area contributed by atoms with Gasteiger partial charge in [-0.25, -0.2) is 13.7 Å². The Morgan fingerprint density at radius 2 is 1.69 bits per heavy atom. The highest BCUT2D eigenvalue weighted by atomic mass is 31.2. The molecule has 0 saturated carbocycles. The van der Waals surface area contributed by atoms with Crippen LogP contribution in [0.4, 0.5) is 0 Å². The lowest BCUT2D eigenvalue weighted by molar-refractivity contribution is -0.678. The first-order chi connectivity index (χ1) is 13.9. The lowest BCUT2D eigenvalue weighted by Gasteiger charge is -2.08. The molecule has 29 heavy (non-hydrogen) atoms. The van der Waals surface area contributed by atoms with Crippen molar-refractivity contribution < 1.29 is 22.7 Å². The highest BCUT2D eigenvalue weighted by Crippen LogP contribution is 2.46. The maximum Gasteiger partial charge on any atom is 0.473 e. The van der Waals surface area contributed by atoms with E-state index in [0.29, 0.717) is 0 Å². The second-order valence-electron chi connectivity index (χ2n) is 6.23. The minimum absolute atomic E-state index is 1.06. The quantitative estimate of drug-likeness (QED) is 0.433. The van der Waals surface area contributed by atoms with Crippen molar-refractivity contribution in [3.05, 3.63) is 60.8 Å². The summed E-state index contributed by atoms with van der Waals surface area (Å²) >= 11 is 0. The van der Waals surface area contributed by atoms with E-state index in [2.05, 4.69) is 73.2 Å². The molecule has 2 heterocycles. The van der Waals surface area contributed by atoms with Crippen LogP contribution in [-0.4, -0.2) is 30.9 Å². The van der Waals surface area contributed by atoms with Gasteiger partial charge in [0.2, 0.25) is 0 Å². The van der Waals surface area contributed by atoms with Crippen LogP contribution in [0.25, 0.3) is 10.9 Å². The molecule has 0 radical (unpaired) electrons. The summed E-state index contributed by atoms with van der Waals surface area (Å²) in [6.07, 6.45) is 9.76. The lowest BCUT2D eigenvalue weighted by Crippen LogP contribution is -2.31. The summed E-state index contributed by atoms with van der Waals surface area (Å²) in [4.78, 5) is 4.18. The van der Waals surface area contributed by atoms with Crippen LogP contribution in [0.3, 0.4) is 0 Å². The summed E-state index contributed by atoms with van der Waals surface area (Å²) in [6.45, 7) is 2.23. The minimum atomic E-state index is -3.16. The lowest BCUT2D eigenvalue weighted by atomic mass is 10.2. The molecule has 2 aromatic heterocycles. The molecular weight excluding hydrogens is 389 g/mol. The van der Waals surface area contributed by atoms with E-state index in [-0.39, 0.29) is 0 Å². The van der Waals surface area contributed by atoms with Gasteiger partial charge < -0.3 is 0 Å². The van der Waals surface area contributed by atoms with E-state index in [0.717, 1.165) is 5.52 Å². The topological polar surface area (TPSA) is 66.5 Å². The number of hydrogen-bond acceptors (Lipinski definition) is 5. The Morgan fingerprint density at radius 1 is 1.07 bits per heavy atom. The van der Waals surface area contributed by atoms with Crippen molar-refractivity contribution in [3.8, 4) is 0 Å². The van der Waals surface area contributed by atoms with Crippen LogP contribution >= 0.6 is 7.82 Å². The summed E-state index contributed by atoms with van der Waals surface area (Å²) in [6, 6.07) is 12.1. The molecule has 0 atom stereocenters. The number of phosphoric acid groups is 1. The number of para-hydroxylation sites is 1. The number of rotatable bonds is 6. The molecule has 0 aliphatic carbocycles. The number of unbranched alkanes of at least 4 members (excludes halogenated alkanes) is 1. The highest BCUT2D eigenvalue weighted by Gasteiger charge is 2.18. The third-order valence-corrected chi connectivity index (χ3v) is 5.61. The molecule has 7 nitrogen and oxygen atoms in total. The molecule has 3 rings (SSSR count). The number of hydrogen-bond donors (Lipinski definition) is 0. The molecule has 0 aliphatic heterocycles. The molecule has 0 fully saturated rings. The third kappa shape index (κ3) is 8.46. The Kier molecular flexibility index (Phi) is 11.4. The van der Waals surface area contributed by atoms with Crippen LogP contribution in [0.1, 0.15) is 25.6 Å². The summed E-state index contributed by atoms with van der Waals surface area (Å²) in [5, 5.41) is 1.20. The standard InChI is InChI=1S/C9H17N2.C9H7N.C3H9O4P/c1-4-5-6-9-10(2)7-8-11(9)3;1-2-6-9-8(4-1)5-3-7-10-9;1-5-8(4,6-2)7-3/h7-8H,4-6H2,1-3H3;1-7H;1-3H3/q+1;;. The number of aromatic nitrogens is 3. The predicted octanol–water partition coefficient (Wildman–Crippen LogP) is 4.46. The Morgan fingerprint density at radius 3 is 2.17 bits per heavy atom. The number of pyridine rings is 1. The number of phosphoric ester groups is 1. The van der Waals surface area contributed by atoms with Crippen LogP contribution in [-0.2, 0) is 38.7 Å². The number of benzene rings is 1. The van der Waals surface area contributed by atoms with E-state index in [1.54, 1.807) is 0 Å². The summed E-state index contributed by atoms with van der Waals surface area (Å²) in [5.74, 6) is 1.41. The van der Waals surface area contributed by atoms with Crippen LogP contribution in [0.2, 0.25) is 0 Å². The molecule has 0 spiro atoms. The fraction of sp³-hybridized carbons (Fsp3) is 0.429. The van der Waals surface area contributed by atoms with Crippen LogP contribution < -0.4 is 4.57 Å². The number of fused-ring (bicyclic) bond motifs is 1. The van der Waals surface area contributed by atoms with Gasteiger partial charge in [0.05, 0.1) is 19.6 Å². The Hall–Kier alpha value is -2.05. The Labute approximate surface area is 173 Å². The Bertz CT molecular complexity index is 795. The molecule has 0 unspecified atom stereocenters. The maximum atomic E-state index is 10.7. The zero-order valence-electron chi connectivity index (χ0n) is 18.2. The average Bonchev–Trinajstić information content (AvgIpc) is 3.10. The van der Waals surface area contributed by atoms with Crippen molar-refractivity contribution >= 4 is 18.7 Å². The largest absolute Gasteiger partial charge is 0.473 e. The molecule has 3 aromatic rings. The van der Waals surface area contributed by atoms with Crippen molar-refractivity contribution in [1.82, 2.24) is 9.55 Å². The molecule has 0 aliphatic rings. The predicted molar refractivity (Wildman–Crippen MR) is 116 cm³/mol. The van der Waals surface area contributed by atoms with E-state index in [9.17, 15) is 4.57 Å².